The minimum Gasteiger partial charge on any atom is -0.315 e. The van der Waals surface area contributed by atoms with Gasteiger partial charge in [0.05, 0.1) is 17.1 Å². The lowest BCUT2D eigenvalue weighted by Crippen LogP contribution is -2.28. The molecule has 0 aliphatic heterocycles. The van der Waals surface area contributed by atoms with Gasteiger partial charge in [-0.2, -0.15) is 0 Å². The van der Waals surface area contributed by atoms with Crippen LogP contribution in [-0.4, -0.2) is 32.1 Å². The zero-order chi connectivity index (χ0) is 17.0. The van der Waals surface area contributed by atoms with Gasteiger partial charge in [0.15, 0.2) is 9.84 Å². The topological polar surface area (TPSA) is 67.3 Å². The van der Waals surface area contributed by atoms with Gasteiger partial charge in [-0.25, -0.2) is 8.42 Å². The van der Waals surface area contributed by atoms with Gasteiger partial charge in [-0.3, -0.25) is 9.78 Å². The molecule has 122 valence electrons. The van der Waals surface area contributed by atoms with Crippen LogP contribution in [0.25, 0.3) is 0 Å². The Kier molecular flexibility index (Phi) is 5.15. The fourth-order valence-electron chi connectivity index (χ4n) is 2.27. The lowest BCUT2D eigenvalue weighted by atomic mass is 10.1. The van der Waals surface area contributed by atoms with E-state index < -0.39 is 9.84 Å². The van der Waals surface area contributed by atoms with Crippen molar-refractivity contribution in [3.8, 4) is 0 Å². The van der Waals surface area contributed by atoms with Gasteiger partial charge >= 0.3 is 0 Å². The van der Waals surface area contributed by atoms with Crippen molar-refractivity contribution >= 4 is 21.4 Å². The predicted octanol–water partition coefficient (Wildman–Crippen LogP) is 2.39. The van der Waals surface area contributed by atoms with Crippen LogP contribution in [0.3, 0.4) is 0 Å². The normalized spacial score (nSPS) is 11.3. The second-order valence-electron chi connectivity index (χ2n) is 5.30. The predicted molar refractivity (Wildman–Crippen MR) is 90.3 cm³/mol. The molecule has 1 aromatic carbocycles. The highest BCUT2D eigenvalue weighted by Crippen LogP contribution is 2.20. The highest BCUT2D eigenvalue weighted by Gasteiger charge is 2.19. The Balaban J connectivity index is 2.28. The van der Waals surface area contributed by atoms with Crippen LogP contribution in [0.5, 0.6) is 0 Å². The number of hydrogen-bond donors (Lipinski definition) is 0. The number of hydrogen-bond acceptors (Lipinski definition) is 4. The molecule has 0 saturated carbocycles. The fourth-order valence-corrected chi connectivity index (χ4v) is 3.41. The van der Waals surface area contributed by atoms with Gasteiger partial charge in [0.25, 0.3) is 0 Å². The number of aromatic nitrogens is 1. The van der Waals surface area contributed by atoms with Gasteiger partial charge in [-0.1, -0.05) is 25.1 Å². The second-order valence-corrected chi connectivity index (χ2v) is 7.54. The Hall–Kier alpha value is -2.21. The molecule has 0 bridgehead atoms. The smallest absolute Gasteiger partial charge is 0.231 e. The van der Waals surface area contributed by atoms with Crippen LogP contribution in [0.15, 0.2) is 47.5 Å². The molecule has 1 amide bonds. The number of carbonyl (C=O) groups is 1. The number of sulfone groups is 1. The van der Waals surface area contributed by atoms with Crippen molar-refractivity contribution in [3.63, 3.8) is 0 Å². The monoisotopic (exact) mass is 332 g/mol. The molecule has 6 heteroatoms. The molecule has 2 rings (SSSR count). The number of carbonyl (C=O) groups excluding carboxylic acids is 1. The number of nitrogens with zero attached hydrogens (tertiary/aromatic N) is 2. The summed E-state index contributed by atoms with van der Waals surface area (Å²) in [7, 11) is -1.68. The summed E-state index contributed by atoms with van der Waals surface area (Å²) in [6.45, 7) is 3.45. The lowest BCUT2D eigenvalue weighted by molar-refractivity contribution is -0.117. The van der Waals surface area contributed by atoms with E-state index in [1.165, 1.54) is 4.90 Å². The van der Waals surface area contributed by atoms with Crippen LogP contribution in [0, 0.1) is 6.92 Å². The number of rotatable bonds is 5. The zero-order valence-electron chi connectivity index (χ0n) is 13.5. The van der Waals surface area contributed by atoms with E-state index >= 15 is 0 Å². The van der Waals surface area contributed by atoms with Crippen LogP contribution in [0.1, 0.15) is 18.2 Å². The van der Waals surface area contributed by atoms with Crippen LogP contribution in [0.4, 0.5) is 5.69 Å². The van der Waals surface area contributed by atoms with Crippen LogP contribution < -0.4 is 4.90 Å². The van der Waals surface area contributed by atoms with Crippen molar-refractivity contribution in [2.24, 2.45) is 0 Å². The Bertz CT molecular complexity index is 816. The van der Waals surface area contributed by atoms with Crippen LogP contribution in [-0.2, 0) is 21.1 Å². The first kappa shape index (κ1) is 17.1. The van der Waals surface area contributed by atoms with Crippen LogP contribution in [0.2, 0.25) is 0 Å². The molecule has 0 saturated heterocycles. The summed E-state index contributed by atoms with van der Waals surface area (Å²) in [5.74, 6) is -0.160. The average Bonchev–Trinajstić information content (AvgIpc) is 2.54. The largest absolute Gasteiger partial charge is 0.315 e. The van der Waals surface area contributed by atoms with Crippen molar-refractivity contribution < 1.29 is 13.2 Å². The van der Waals surface area contributed by atoms with Gasteiger partial charge in [0.1, 0.15) is 0 Å². The van der Waals surface area contributed by atoms with E-state index in [1.54, 1.807) is 50.5 Å². The first-order valence-electron chi connectivity index (χ1n) is 7.35. The summed E-state index contributed by atoms with van der Waals surface area (Å²) in [4.78, 5) is 18.4. The third kappa shape index (κ3) is 3.96. The van der Waals surface area contributed by atoms with E-state index in [-0.39, 0.29) is 23.0 Å². The number of amides is 1. The number of pyridine rings is 1. The molecule has 0 atom stereocenters. The Morgan fingerprint density at radius 3 is 2.57 bits per heavy atom. The minimum atomic E-state index is -3.35. The molecular weight excluding hydrogens is 312 g/mol. The van der Waals surface area contributed by atoms with E-state index in [2.05, 4.69) is 4.98 Å². The Morgan fingerprint density at radius 1 is 1.22 bits per heavy atom. The van der Waals surface area contributed by atoms with E-state index in [0.29, 0.717) is 5.56 Å². The summed E-state index contributed by atoms with van der Waals surface area (Å²) in [5.41, 5.74) is 2.08. The molecular formula is C17H20N2O3S. The molecule has 2 aromatic rings. The summed E-state index contributed by atoms with van der Waals surface area (Å²) in [6, 6.07) is 10.2. The zero-order valence-corrected chi connectivity index (χ0v) is 14.3. The molecule has 0 fully saturated rings. The van der Waals surface area contributed by atoms with Crippen molar-refractivity contribution in [3.05, 3.63) is 53.9 Å². The first-order valence-corrected chi connectivity index (χ1v) is 9.00. The SMILES string of the molecule is CCS(=O)(=O)c1ccccc1CC(=O)N(C)c1ccnc(C)c1. The number of anilines is 1. The van der Waals surface area contributed by atoms with Crippen LogP contribution >= 0.6 is 0 Å². The number of benzene rings is 1. The highest BCUT2D eigenvalue weighted by molar-refractivity contribution is 7.91. The Labute approximate surface area is 136 Å². The molecule has 0 unspecified atom stereocenters. The maximum atomic E-state index is 12.5. The molecule has 0 spiro atoms. The number of likely N-dealkylation sites (N-methyl/N-ethyl adjacent to an activating group) is 1. The van der Waals surface area contributed by atoms with Gasteiger partial charge in [0, 0.05) is 24.6 Å². The maximum Gasteiger partial charge on any atom is 0.231 e. The van der Waals surface area contributed by atoms with Crippen molar-refractivity contribution in [2.45, 2.75) is 25.2 Å². The molecule has 1 heterocycles. The summed E-state index contributed by atoms with van der Waals surface area (Å²) in [5, 5.41) is 0. The van der Waals surface area contributed by atoms with E-state index in [1.807, 2.05) is 13.0 Å². The summed E-state index contributed by atoms with van der Waals surface area (Å²) < 4.78 is 24.3. The standard InChI is InChI=1S/C17H20N2O3S/c1-4-23(21,22)16-8-6-5-7-14(16)12-17(20)19(3)15-9-10-18-13(2)11-15/h5-11H,4,12H2,1-3H3. The second kappa shape index (κ2) is 6.91. The third-order valence-corrected chi connectivity index (χ3v) is 5.50. The van der Waals surface area contributed by atoms with Gasteiger partial charge in [0.2, 0.25) is 5.91 Å². The lowest BCUT2D eigenvalue weighted by Gasteiger charge is -2.18. The van der Waals surface area contributed by atoms with E-state index in [0.717, 1.165) is 11.4 Å². The molecule has 0 N–H and O–H groups in total. The van der Waals surface area contributed by atoms with Crippen molar-refractivity contribution in [1.29, 1.82) is 0 Å². The fraction of sp³-hybridized carbons (Fsp3) is 0.294. The molecule has 5 nitrogen and oxygen atoms in total. The van der Waals surface area contributed by atoms with Gasteiger partial charge in [-0.15, -0.1) is 0 Å². The maximum absolute atomic E-state index is 12.5. The molecule has 1 aromatic heterocycles. The molecule has 0 radical (unpaired) electrons. The highest BCUT2D eigenvalue weighted by atomic mass is 32.2. The molecule has 0 aliphatic carbocycles. The van der Waals surface area contributed by atoms with Crippen molar-refractivity contribution in [2.75, 3.05) is 17.7 Å². The summed E-state index contributed by atoms with van der Waals surface area (Å²) in [6.07, 6.45) is 1.68. The quantitative estimate of drug-likeness (QED) is 0.843. The van der Waals surface area contributed by atoms with E-state index in [4.69, 9.17) is 0 Å². The first-order chi connectivity index (χ1) is 10.8. The number of aryl methyl sites for hydroxylation is 1. The molecule has 0 aliphatic rings. The van der Waals surface area contributed by atoms with Gasteiger partial charge in [-0.05, 0) is 30.7 Å². The third-order valence-electron chi connectivity index (χ3n) is 3.67. The van der Waals surface area contributed by atoms with Gasteiger partial charge < -0.3 is 4.90 Å². The molecule has 23 heavy (non-hydrogen) atoms. The van der Waals surface area contributed by atoms with Crippen molar-refractivity contribution in [1.82, 2.24) is 4.98 Å². The average molecular weight is 332 g/mol. The minimum absolute atomic E-state index is 0.0115. The van der Waals surface area contributed by atoms with E-state index in [9.17, 15) is 13.2 Å². The summed E-state index contributed by atoms with van der Waals surface area (Å²) >= 11 is 0. The Morgan fingerprint density at radius 2 is 1.91 bits per heavy atom.